The molecule has 0 fully saturated rings. The number of H-pyrrole nitrogens is 1. The molecular formula is C20H31N3. The summed E-state index contributed by atoms with van der Waals surface area (Å²) in [6.45, 7) is 6.70. The number of aromatic amines is 1. The highest BCUT2D eigenvalue weighted by Crippen LogP contribution is 2.20. The van der Waals surface area contributed by atoms with Crippen LogP contribution in [0, 0.1) is 0 Å². The first kappa shape index (κ1) is 17.6. The van der Waals surface area contributed by atoms with Crippen LogP contribution in [0.5, 0.6) is 0 Å². The summed E-state index contributed by atoms with van der Waals surface area (Å²) < 4.78 is 0. The van der Waals surface area contributed by atoms with Crippen molar-refractivity contribution in [3.05, 3.63) is 36.5 Å². The number of hydrogen-bond donors (Lipinski definition) is 1. The topological polar surface area (TPSA) is 31.9 Å². The van der Waals surface area contributed by atoms with E-state index >= 15 is 0 Å². The van der Waals surface area contributed by atoms with E-state index in [1.165, 1.54) is 50.5 Å². The largest absolute Gasteiger partial charge is 0.342 e. The van der Waals surface area contributed by atoms with Crippen LogP contribution in [0.15, 0.2) is 36.5 Å². The minimum atomic E-state index is 1.02. The summed E-state index contributed by atoms with van der Waals surface area (Å²) in [5, 5.41) is 0. The fourth-order valence-corrected chi connectivity index (χ4v) is 2.81. The second kappa shape index (κ2) is 10.1. The lowest BCUT2D eigenvalue weighted by molar-refractivity contribution is 0.605. The summed E-state index contributed by atoms with van der Waals surface area (Å²) in [7, 11) is 0. The molecule has 1 heterocycles. The monoisotopic (exact) mass is 313 g/mol. The predicted molar refractivity (Wildman–Crippen MR) is 99.9 cm³/mol. The van der Waals surface area contributed by atoms with Crippen molar-refractivity contribution in [1.82, 2.24) is 9.97 Å². The molecular weight excluding hydrogens is 282 g/mol. The molecule has 2 rings (SSSR count). The van der Waals surface area contributed by atoms with Crippen LogP contribution in [-0.2, 0) is 0 Å². The first-order valence-electron chi connectivity index (χ1n) is 9.20. The molecule has 0 aliphatic heterocycles. The Labute approximate surface area is 141 Å². The standard InChI is InChI=1S/C20H31N3/c1-3-5-7-8-12-16-23(15-6-4-2)20-21-17-19(22-20)18-13-10-9-11-14-18/h9-11,13-14,17H,3-8,12,15-16H2,1-2H3,(H,21,22). The van der Waals surface area contributed by atoms with Crippen LogP contribution in [0.2, 0.25) is 0 Å². The lowest BCUT2D eigenvalue weighted by Gasteiger charge is -2.21. The molecule has 23 heavy (non-hydrogen) atoms. The summed E-state index contributed by atoms with van der Waals surface area (Å²) in [6, 6.07) is 10.4. The van der Waals surface area contributed by atoms with Gasteiger partial charge in [0.15, 0.2) is 0 Å². The van der Waals surface area contributed by atoms with Gasteiger partial charge in [0.1, 0.15) is 0 Å². The Morgan fingerprint density at radius 3 is 2.30 bits per heavy atom. The molecule has 3 heteroatoms. The molecule has 1 aromatic heterocycles. The Morgan fingerprint density at radius 2 is 1.57 bits per heavy atom. The lowest BCUT2D eigenvalue weighted by atomic mass is 10.1. The van der Waals surface area contributed by atoms with E-state index in [1.54, 1.807) is 0 Å². The SMILES string of the molecule is CCCCCCCN(CCCC)c1ncc(-c2ccccc2)[nH]1. The molecule has 0 amide bonds. The van der Waals surface area contributed by atoms with Crippen LogP contribution in [0.3, 0.4) is 0 Å². The Balaban J connectivity index is 1.96. The van der Waals surface area contributed by atoms with Crippen molar-refractivity contribution in [1.29, 1.82) is 0 Å². The maximum absolute atomic E-state index is 4.63. The van der Waals surface area contributed by atoms with Gasteiger partial charge in [0.05, 0.1) is 11.9 Å². The minimum Gasteiger partial charge on any atom is -0.342 e. The zero-order chi connectivity index (χ0) is 16.3. The number of rotatable bonds is 11. The summed E-state index contributed by atoms with van der Waals surface area (Å²) in [5.74, 6) is 1.02. The van der Waals surface area contributed by atoms with E-state index in [4.69, 9.17) is 0 Å². The van der Waals surface area contributed by atoms with Gasteiger partial charge in [-0.25, -0.2) is 4.98 Å². The van der Waals surface area contributed by atoms with E-state index in [1.807, 2.05) is 12.3 Å². The molecule has 0 bridgehead atoms. The van der Waals surface area contributed by atoms with Gasteiger partial charge in [0.2, 0.25) is 5.95 Å². The van der Waals surface area contributed by atoms with Crippen molar-refractivity contribution in [2.24, 2.45) is 0 Å². The van der Waals surface area contributed by atoms with Crippen LogP contribution in [0.1, 0.15) is 58.8 Å². The molecule has 0 aliphatic rings. The molecule has 0 aliphatic carbocycles. The summed E-state index contributed by atoms with van der Waals surface area (Å²) in [4.78, 5) is 10.6. The van der Waals surface area contributed by atoms with Gasteiger partial charge in [-0.05, 0) is 18.4 Å². The van der Waals surface area contributed by atoms with Gasteiger partial charge < -0.3 is 9.88 Å². The van der Waals surface area contributed by atoms with Gasteiger partial charge >= 0.3 is 0 Å². The molecule has 3 nitrogen and oxygen atoms in total. The van der Waals surface area contributed by atoms with Crippen molar-refractivity contribution >= 4 is 5.95 Å². The Bertz CT molecular complexity index is 533. The fourth-order valence-electron chi connectivity index (χ4n) is 2.81. The highest BCUT2D eigenvalue weighted by molar-refractivity contribution is 5.60. The smallest absolute Gasteiger partial charge is 0.203 e. The molecule has 0 saturated carbocycles. The second-order valence-corrected chi connectivity index (χ2v) is 6.24. The van der Waals surface area contributed by atoms with E-state index < -0.39 is 0 Å². The zero-order valence-electron chi connectivity index (χ0n) is 14.7. The number of imidazole rings is 1. The average molecular weight is 313 g/mol. The van der Waals surface area contributed by atoms with E-state index in [9.17, 15) is 0 Å². The Morgan fingerprint density at radius 1 is 0.870 bits per heavy atom. The zero-order valence-corrected chi connectivity index (χ0v) is 14.7. The number of anilines is 1. The molecule has 126 valence electrons. The van der Waals surface area contributed by atoms with Gasteiger partial charge in [0, 0.05) is 13.1 Å². The van der Waals surface area contributed by atoms with Crippen LogP contribution in [-0.4, -0.2) is 23.1 Å². The maximum Gasteiger partial charge on any atom is 0.203 e. The molecule has 0 atom stereocenters. The molecule has 0 saturated heterocycles. The Hall–Kier alpha value is -1.77. The number of nitrogens with one attached hydrogen (secondary N) is 1. The summed E-state index contributed by atoms with van der Waals surface area (Å²) in [6.07, 6.45) is 11.0. The molecule has 0 unspecified atom stereocenters. The molecule has 1 N–H and O–H groups in total. The fraction of sp³-hybridized carbons (Fsp3) is 0.550. The van der Waals surface area contributed by atoms with Crippen LogP contribution >= 0.6 is 0 Å². The maximum atomic E-state index is 4.63. The molecule has 0 radical (unpaired) electrons. The third-order valence-electron chi connectivity index (χ3n) is 4.26. The minimum absolute atomic E-state index is 1.02. The molecule has 1 aromatic carbocycles. The second-order valence-electron chi connectivity index (χ2n) is 6.24. The summed E-state index contributed by atoms with van der Waals surface area (Å²) >= 11 is 0. The van der Waals surface area contributed by atoms with Crippen molar-refractivity contribution in [2.75, 3.05) is 18.0 Å². The third-order valence-corrected chi connectivity index (χ3v) is 4.26. The van der Waals surface area contributed by atoms with Crippen molar-refractivity contribution in [3.8, 4) is 11.3 Å². The lowest BCUT2D eigenvalue weighted by Crippen LogP contribution is -2.26. The van der Waals surface area contributed by atoms with Crippen LogP contribution in [0.4, 0.5) is 5.95 Å². The van der Waals surface area contributed by atoms with E-state index in [0.29, 0.717) is 0 Å². The molecule has 2 aromatic rings. The van der Waals surface area contributed by atoms with Gasteiger partial charge in [-0.1, -0.05) is 76.3 Å². The van der Waals surface area contributed by atoms with Gasteiger partial charge in [-0.15, -0.1) is 0 Å². The van der Waals surface area contributed by atoms with E-state index in [0.717, 1.165) is 24.7 Å². The van der Waals surface area contributed by atoms with Gasteiger partial charge in [-0.3, -0.25) is 0 Å². The van der Waals surface area contributed by atoms with E-state index in [-0.39, 0.29) is 0 Å². The van der Waals surface area contributed by atoms with E-state index in [2.05, 4.69) is 53.0 Å². The van der Waals surface area contributed by atoms with Crippen LogP contribution in [0.25, 0.3) is 11.3 Å². The van der Waals surface area contributed by atoms with Crippen molar-refractivity contribution in [2.45, 2.75) is 58.8 Å². The highest BCUT2D eigenvalue weighted by atomic mass is 15.3. The van der Waals surface area contributed by atoms with Gasteiger partial charge in [0.25, 0.3) is 0 Å². The Kier molecular flexibility index (Phi) is 7.71. The summed E-state index contributed by atoms with van der Waals surface area (Å²) in [5.41, 5.74) is 2.30. The normalized spacial score (nSPS) is 10.9. The number of hydrogen-bond acceptors (Lipinski definition) is 2. The van der Waals surface area contributed by atoms with Crippen LogP contribution < -0.4 is 4.90 Å². The third kappa shape index (κ3) is 5.74. The number of unbranched alkanes of at least 4 members (excludes halogenated alkanes) is 5. The number of nitrogens with zero attached hydrogens (tertiary/aromatic N) is 2. The number of benzene rings is 1. The first-order chi connectivity index (χ1) is 11.3. The van der Waals surface area contributed by atoms with Crippen molar-refractivity contribution < 1.29 is 0 Å². The molecule has 0 spiro atoms. The quantitative estimate of drug-likeness (QED) is 0.543. The average Bonchev–Trinajstić information content (AvgIpc) is 3.08. The predicted octanol–water partition coefficient (Wildman–Crippen LogP) is 5.65. The number of aromatic nitrogens is 2. The van der Waals surface area contributed by atoms with Gasteiger partial charge in [-0.2, -0.15) is 0 Å². The van der Waals surface area contributed by atoms with Crippen molar-refractivity contribution in [3.63, 3.8) is 0 Å². The highest BCUT2D eigenvalue weighted by Gasteiger charge is 2.10. The first-order valence-corrected chi connectivity index (χ1v) is 9.20.